The largest absolute Gasteiger partial charge is 0.495 e. The van der Waals surface area contributed by atoms with Crippen molar-refractivity contribution in [1.29, 1.82) is 0 Å². The van der Waals surface area contributed by atoms with Gasteiger partial charge in [-0.1, -0.05) is 17.7 Å². The van der Waals surface area contributed by atoms with E-state index in [1.165, 1.54) is 0 Å². The predicted octanol–water partition coefficient (Wildman–Crippen LogP) is 3.89. The molecule has 8 nitrogen and oxygen atoms in total. The number of aryl methyl sites for hydroxylation is 1. The minimum atomic E-state index is 0.399. The van der Waals surface area contributed by atoms with Crippen LogP contribution in [0.4, 0.5) is 17.5 Å². The Morgan fingerprint density at radius 3 is 2.83 bits per heavy atom. The van der Waals surface area contributed by atoms with Crippen molar-refractivity contribution in [3.8, 4) is 5.75 Å². The van der Waals surface area contributed by atoms with Crippen LogP contribution in [0.3, 0.4) is 0 Å². The molecule has 0 aliphatic heterocycles. The Morgan fingerprint density at radius 1 is 1.14 bits per heavy atom. The number of hydrogen-bond donors (Lipinski definition) is 2. The molecule has 4 rings (SSSR count). The van der Waals surface area contributed by atoms with Crippen LogP contribution in [0.2, 0.25) is 5.02 Å². The molecule has 0 unspecified atom stereocenters. The Bertz CT molecular complexity index is 1130. The van der Waals surface area contributed by atoms with Crippen LogP contribution in [0.15, 0.2) is 48.7 Å². The summed E-state index contributed by atoms with van der Waals surface area (Å²) in [4.78, 5) is 13.3. The van der Waals surface area contributed by atoms with Gasteiger partial charge in [-0.25, -0.2) is 4.98 Å². The monoisotopic (exact) mass is 409 g/mol. The summed E-state index contributed by atoms with van der Waals surface area (Å²) in [7, 11) is 1.60. The fourth-order valence-corrected chi connectivity index (χ4v) is 3.10. The van der Waals surface area contributed by atoms with E-state index in [0.717, 1.165) is 23.6 Å². The molecule has 3 aromatic heterocycles. The number of methoxy groups -OCH3 is 1. The lowest BCUT2D eigenvalue weighted by atomic mass is 10.3. The molecule has 148 valence electrons. The Morgan fingerprint density at radius 2 is 2.03 bits per heavy atom. The average Bonchev–Trinajstić information content (AvgIpc) is 3.11. The molecular formula is C20H20ClN7O. The lowest BCUT2D eigenvalue weighted by molar-refractivity contribution is 0.417. The molecule has 0 saturated carbocycles. The number of rotatable bonds is 7. The van der Waals surface area contributed by atoms with Gasteiger partial charge in [0.25, 0.3) is 5.78 Å². The van der Waals surface area contributed by atoms with E-state index in [-0.39, 0.29) is 0 Å². The van der Waals surface area contributed by atoms with Crippen molar-refractivity contribution in [3.63, 3.8) is 0 Å². The molecule has 0 aliphatic rings. The zero-order valence-corrected chi connectivity index (χ0v) is 16.8. The van der Waals surface area contributed by atoms with Gasteiger partial charge >= 0.3 is 0 Å². The van der Waals surface area contributed by atoms with Crippen LogP contribution >= 0.6 is 11.6 Å². The minimum Gasteiger partial charge on any atom is -0.495 e. The van der Waals surface area contributed by atoms with Gasteiger partial charge in [-0.15, -0.1) is 5.10 Å². The normalized spacial score (nSPS) is 10.9. The van der Waals surface area contributed by atoms with Crippen LogP contribution in [-0.4, -0.2) is 38.2 Å². The van der Waals surface area contributed by atoms with Crippen molar-refractivity contribution in [2.45, 2.75) is 13.3 Å². The number of ether oxygens (including phenoxy) is 1. The quantitative estimate of drug-likeness (QED) is 0.478. The summed E-state index contributed by atoms with van der Waals surface area (Å²) in [5.41, 5.74) is 2.55. The lowest BCUT2D eigenvalue weighted by Crippen LogP contribution is -2.10. The van der Waals surface area contributed by atoms with E-state index in [4.69, 9.17) is 16.3 Å². The van der Waals surface area contributed by atoms with E-state index in [1.807, 2.05) is 31.2 Å². The van der Waals surface area contributed by atoms with Gasteiger partial charge in [0.05, 0.1) is 12.8 Å². The van der Waals surface area contributed by atoms with Crippen LogP contribution in [0.1, 0.15) is 11.4 Å². The molecule has 9 heteroatoms. The highest BCUT2D eigenvalue weighted by Gasteiger charge is 2.12. The van der Waals surface area contributed by atoms with Crippen LogP contribution in [-0.2, 0) is 6.42 Å². The Balaban J connectivity index is 1.57. The molecule has 1 aromatic carbocycles. The van der Waals surface area contributed by atoms with Crippen LogP contribution in [0.25, 0.3) is 5.78 Å². The number of halogens is 1. The van der Waals surface area contributed by atoms with Crippen LogP contribution < -0.4 is 15.4 Å². The predicted molar refractivity (Wildman–Crippen MR) is 113 cm³/mol. The van der Waals surface area contributed by atoms with Gasteiger partial charge in [0.2, 0.25) is 5.95 Å². The highest BCUT2D eigenvalue weighted by molar-refractivity contribution is 6.31. The van der Waals surface area contributed by atoms with Crippen molar-refractivity contribution < 1.29 is 4.74 Å². The number of benzene rings is 1. The summed E-state index contributed by atoms with van der Waals surface area (Å²) in [6.07, 6.45) is 2.59. The highest BCUT2D eigenvalue weighted by Crippen LogP contribution is 2.29. The first-order chi connectivity index (χ1) is 14.1. The molecule has 0 aliphatic carbocycles. The van der Waals surface area contributed by atoms with E-state index >= 15 is 0 Å². The van der Waals surface area contributed by atoms with Crippen LogP contribution in [0.5, 0.6) is 5.75 Å². The van der Waals surface area contributed by atoms with Gasteiger partial charge in [-0.2, -0.15) is 9.50 Å². The van der Waals surface area contributed by atoms with Crippen molar-refractivity contribution in [2.24, 2.45) is 0 Å². The number of nitrogens with one attached hydrogen (secondary N) is 2. The van der Waals surface area contributed by atoms with E-state index in [0.29, 0.717) is 34.7 Å². The molecule has 4 aromatic rings. The summed E-state index contributed by atoms with van der Waals surface area (Å²) >= 11 is 6.10. The third kappa shape index (κ3) is 4.38. The standard InChI is InChI=1S/C20H20ClN7O/c1-13-11-18(23-10-8-15-5-3-4-9-22-15)28-20(24-13)26-19(27-28)25-16-12-14(21)6-7-17(16)29-2/h3-7,9,11-12,23H,8,10H2,1-2H3,(H,25,27). The molecule has 0 spiro atoms. The first-order valence-electron chi connectivity index (χ1n) is 9.11. The SMILES string of the molecule is COc1ccc(Cl)cc1Nc1nc2nc(C)cc(NCCc3ccccn3)n2n1. The summed E-state index contributed by atoms with van der Waals surface area (Å²) in [6.45, 7) is 2.63. The number of fused-ring (bicyclic) bond motifs is 1. The van der Waals surface area contributed by atoms with E-state index in [9.17, 15) is 0 Å². The fraction of sp³-hybridized carbons (Fsp3) is 0.200. The first-order valence-corrected chi connectivity index (χ1v) is 9.49. The molecular weight excluding hydrogens is 390 g/mol. The Kier molecular flexibility index (Phi) is 5.44. The van der Waals surface area contributed by atoms with Gasteiger partial charge in [0.15, 0.2) is 0 Å². The molecule has 29 heavy (non-hydrogen) atoms. The molecule has 0 amide bonds. The number of hydrogen-bond acceptors (Lipinski definition) is 7. The molecule has 3 heterocycles. The second-order valence-corrected chi connectivity index (χ2v) is 6.83. The van der Waals surface area contributed by atoms with Crippen molar-refractivity contribution >= 4 is 34.8 Å². The molecule has 0 radical (unpaired) electrons. The summed E-state index contributed by atoms with van der Waals surface area (Å²) < 4.78 is 7.04. The maximum Gasteiger partial charge on any atom is 0.256 e. The number of pyridine rings is 1. The second kappa shape index (κ2) is 8.32. The molecule has 0 fully saturated rings. The summed E-state index contributed by atoms with van der Waals surface area (Å²) in [5, 5.41) is 11.7. The summed E-state index contributed by atoms with van der Waals surface area (Å²) in [5.74, 6) is 2.35. The molecule has 0 saturated heterocycles. The first kappa shape index (κ1) is 18.9. The molecule has 0 atom stereocenters. The fourth-order valence-electron chi connectivity index (χ4n) is 2.93. The third-order valence-electron chi connectivity index (χ3n) is 4.26. The van der Waals surface area contributed by atoms with Crippen LogP contribution in [0, 0.1) is 6.92 Å². The van der Waals surface area contributed by atoms with Gasteiger partial charge in [0.1, 0.15) is 11.6 Å². The van der Waals surface area contributed by atoms with E-state index in [1.54, 1.807) is 36.0 Å². The zero-order chi connectivity index (χ0) is 20.2. The average molecular weight is 410 g/mol. The highest BCUT2D eigenvalue weighted by atomic mass is 35.5. The van der Waals surface area contributed by atoms with E-state index < -0.39 is 0 Å². The maximum absolute atomic E-state index is 6.10. The Hall–Kier alpha value is -3.39. The van der Waals surface area contributed by atoms with Crippen molar-refractivity contribution in [2.75, 3.05) is 24.3 Å². The number of aromatic nitrogens is 5. The van der Waals surface area contributed by atoms with Gasteiger partial charge in [-0.3, -0.25) is 4.98 Å². The van der Waals surface area contributed by atoms with Crippen molar-refractivity contribution in [3.05, 3.63) is 65.1 Å². The maximum atomic E-state index is 6.10. The number of nitrogens with zero attached hydrogens (tertiary/aromatic N) is 5. The van der Waals surface area contributed by atoms with Gasteiger partial charge in [0, 0.05) is 41.6 Å². The van der Waals surface area contributed by atoms with Gasteiger partial charge < -0.3 is 15.4 Å². The van der Waals surface area contributed by atoms with Crippen molar-refractivity contribution in [1.82, 2.24) is 24.6 Å². The molecule has 0 bridgehead atoms. The lowest BCUT2D eigenvalue weighted by Gasteiger charge is -2.09. The van der Waals surface area contributed by atoms with Gasteiger partial charge in [-0.05, 0) is 37.3 Å². The minimum absolute atomic E-state index is 0.399. The topological polar surface area (TPSA) is 89.3 Å². The van der Waals surface area contributed by atoms with E-state index in [2.05, 4.69) is 30.7 Å². The molecule has 2 N–H and O–H groups in total. The second-order valence-electron chi connectivity index (χ2n) is 6.40. The Labute approximate surface area is 172 Å². The zero-order valence-electron chi connectivity index (χ0n) is 16.1. The smallest absolute Gasteiger partial charge is 0.256 e. The summed E-state index contributed by atoms with van der Waals surface area (Å²) in [6, 6.07) is 13.1. The third-order valence-corrected chi connectivity index (χ3v) is 4.50. The number of anilines is 3.